The van der Waals surface area contributed by atoms with E-state index in [9.17, 15) is 24.3 Å². The minimum absolute atomic E-state index is 0.0203. The van der Waals surface area contributed by atoms with E-state index in [0.29, 0.717) is 36.4 Å². The Morgan fingerprint density at radius 1 is 1.21 bits per heavy atom. The Kier molecular flexibility index (Phi) is 6.93. The van der Waals surface area contributed by atoms with Gasteiger partial charge in [-0.3, -0.25) is 14.4 Å². The highest BCUT2D eigenvalue weighted by atomic mass is 28.4. The fourth-order valence-corrected chi connectivity index (χ4v) is 8.91. The predicted octanol–water partition coefficient (Wildman–Crippen LogP) is 2.58. The normalized spacial score (nSPS) is 26.3. The quantitative estimate of drug-likeness (QED) is 0.352. The molecule has 202 valence electrons. The summed E-state index contributed by atoms with van der Waals surface area (Å²) in [6, 6.07) is 15.0. The van der Waals surface area contributed by atoms with Crippen LogP contribution < -0.4 is 10.2 Å². The molecule has 3 aliphatic rings. The van der Waals surface area contributed by atoms with E-state index in [1.54, 1.807) is 15.9 Å². The van der Waals surface area contributed by atoms with Gasteiger partial charge in [0.15, 0.2) is 13.9 Å². The van der Waals surface area contributed by atoms with Crippen molar-refractivity contribution in [3.8, 4) is 0 Å². The van der Waals surface area contributed by atoms with Gasteiger partial charge in [0.2, 0.25) is 11.8 Å². The number of nitrogens with zero attached hydrogens (tertiary/aromatic N) is 2. The van der Waals surface area contributed by atoms with Crippen LogP contribution in [0.15, 0.2) is 48.5 Å². The Balaban J connectivity index is 1.47. The summed E-state index contributed by atoms with van der Waals surface area (Å²) in [6.45, 7) is 6.49. The van der Waals surface area contributed by atoms with Gasteiger partial charge in [-0.2, -0.15) is 0 Å². The Hall–Kier alpha value is -3.05. The lowest BCUT2D eigenvalue weighted by Crippen LogP contribution is -2.44. The van der Waals surface area contributed by atoms with Gasteiger partial charge in [-0.1, -0.05) is 37.3 Å². The van der Waals surface area contributed by atoms with E-state index in [4.69, 9.17) is 4.74 Å². The maximum Gasteiger partial charge on any atom is 0.261 e. The van der Waals surface area contributed by atoms with Crippen LogP contribution >= 0.6 is 0 Å². The summed E-state index contributed by atoms with van der Waals surface area (Å²) in [5.74, 6) is -0.902. The summed E-state index contributed by atoms with van der Waals surface area (Å²) in [6.07, 6.45) is -0.212. The molecule has 2 aromatic rings. The highest BCUT2D eigenvalue weighted by molar-refractivity contribution is 6.71. The lowest BCUT2D eigenvalue weighted by Gasteiger charge is -2.33. The highest BCUT2D eigenvalue weighted by Gasteiger charge is 2.65. The van der Waals surface area contributed by atoms with Gasteiger partial charge in [0, 0.05) is 54.5 Å². The molecular weight excluding hydrogens is 502 g/mol. The highest BCUT2D eigenvalue weighted by Crippen LogP contribution is 2.58. The summed E-state index contributed by atoms with van der Waals surface area (Å²) in [5, 5.41) is 12.6. The molecule has 2 fully saturated rings. The molecular formula is C28H35N3O6Si. The summed E-state index contributed by atoms with van der Waals surface area (Å²) in [5.41, 5.74) is 1.14. The van der Waals surface area contributed by atoms with Crippen molar-refractivity contribution in [2.45, 2.75) is 56.7 Å². The molecule has 0 saturated carbocycles. The molecule has 0 unspecified atom stereocenters. The van der Waals surface area contributed by atoms with E-state index in [1.165, 1.54) is 0 Å². The van der Waals surface area contributed by atoms with Gasteiger partial charge < -0.3 is 29.8 Å². The van der Waals surface area contributed by atoms with E-state index in [2.05, 4.69) is 5.32 Å². The number of amides is 3. The van der Waals surface area contributed by atoms with Gasteiger partial charge in [0.05, 0.1) is 19.1 Å². The summed E-state index contributed by atoms with van der Waals surface area (Å²) >= 11 is 0. The van der Waals surface area contributed by atoms with Crippen LogP contribution in [0.4, 0.5) is 11.4 Å². The number of fused-ring (bicyclic) bond motifs is 2. The minimum Gasteiger partial charge on any atom is -0.432 e. The van der Waals surface area contributed by atoms with Crippen molar-refractivity contribution in [2.24, 2.45) is 5.92 Å². The Morgan fingerprint density at radius 2 is 1.95 bits per heavy atom. The first-order valence-electron chi connectivity index (χ1n) is 13.2. The number of carbonyl (C=O) groups is 3. The van der Waals surface area contributed by atoms with Gasteiger partial charge >= 0.3 is 0 Å². The third-order valence-corrected chi connectivity index (χ3v) is 10.7. The number of β-lactam (4-membered cyclic amide) rings is 1. The summed E-state index contributed by atoms with van der Waals surface area (Å²) in [4.78, 5) is 53.8. The number of aliphatic hydroxyl groups is 1. The summed E-state index contributed by atoms with van der Waals surface area (Å²) < 4.78 is 6.61. The Morgan fingerprint density at radius 3 is 2.55 bits per heavy atom. The number of anilines is 2. The smallest absolute Gasteiger partial charge is 0.261 e. The predicted molar refractivity (Wildman–Crippen MR) is 145 cm³/mol. The maximum atomic E-state index is 13.6. The summed E-state index contributed by atoms with van der Waals surface area (Å²) in [7, 11) is -2.92. The third kappa shape index (κ3) is 4.45. The van der Waals surface area contributed by atoms with Crippen molar-refractivity contribution < 1.29 is 29.0 Å². The molecule has 0 aliphatic carbocycles. The van der Waals surface area contributed by atoms with Crippen LogP contribution in [0.3, 0.4) is 0 Å². The van der Waals surface area contributed by atoms with Crippen LogP contribution in [0.5, 0.6) is 0 Å². The zero-order valence-corrected chi connectivity index (χ0v) is 23.0. The van der Waals surface area contributed by atoms with Gasteiger partial charge in [-0.25, -0.2) is 0 Å². The molecule has 3 aliphatic heterocycles. The monoisotopic (exact) mass is 537 g/mol. The number of ether oxygens (including phenoxy) is 1. The fraction of sp³-hybridized carbons (Fsp3) is 0.464. The van der Waals surface area contributed by atoms with Gasteiger partial charge in [0.25, 0.3) is 5.91 Å². The van der Waals surface area contributed by atoms with Gasteiger partial charge in [-0.15, -0.1) is 0 Å². The number of carbonyl (C=O) groups excluding carboxylic acids is 3. The van der Waals surface area contributed by atoms with E-state index in [0.717, 1.165) is 5.56 Å². The zero-order valence-electron chi connectivity index (χ0n) is 22.0. The second-order valence-corrected chi connectivity index (χ2v) is 15.0. The van der Waals surface area contributed by atoms with Gasteiger partial charge in [-0.05, 0) is 36.9 Å². The number of hydrogen-bond donors (Lipinski definition) is 3. The molecule has 4 atom stereocenters. The number of rotatable bonds is 8. The first-order chi connectivity index (χ1) is 18.1. The van der Waals surface area contributed by atoms with Crippen LogP contribution in [-0.2, 0) is 31.3 Å². The van der Waals surface area contributed by atoms with Crippen LogP contribution in [0, 0.1) is 5.92 Å². The molecule has 3 amide bonds. The molecule has 38 heavy (non-hydrogen) atoms. The third-order valence-electron chi connectivity index (χ3n) is 8.20. The molecule has 1 spiro atoms. The molecule has 9 nitrogen and oxygen atoms in total. The first kappa shape index (κ1) is 26.5. The van der Waals surface area contributed by atoms with Crippen molar-refractivity contribution in [3.05, 3.63) is 59.7 Å². The number of hydrogen-bond acceptors (Lipinski definition) is 6. The maximum absolute atomic E-state index is 13.6. The van der Waals surface area contributed by atoms with E-state index >= 15 is 0 Å². The van der Waals surface area contributed by atoms with E-state index in [1.807, 2.05) is 62.5 Å². The first-order valence-corrected chi connectivity index (χ1v) is 16.2. The fourth-order valence-electron chi connectivity index (χ4n) is 6.36. The molecule has 0 aromatic heterocycles. The molecule has 3 N–H and O–H groups in total. The van der Waals surface area contributed by atoms with E-state index < -0.39 is 31.5 Å². The Bertz CT molecular complexity index is 1250. The Labute approximate surface area is 223 Å². The lowest BCUT2D eigenvalue weighted by atomic mass is 9.82. The van der Waals surface area contributed by atoms with Crippen molar-refractivity contribution in [2.75, 3.05) is 29.9 Å². The molecule has 0 bridgehead atoms. The average Bonchev–Trinajstić information content (AvgIpc) is 3.31. The molecule has 3 heterocycles. The van der Waals surface area contributed by atoms with E-state index in [-0.39, 0.29) is 37.3 Å². The van der Waals surface area contributed by atoms with Crippen molar-refractivity contribution in [1.29, 1.82) is 0 Å². The van der Waals surface area contributed by atoms with Crippen LogP contribution in [-0.4, -0.2) is 66.6 Å². The SMILES string of the molecule is C[C@H]1[C@H]([Si](C)(C)O)[C@@H](CC(=O)N(CCO)Cc2ccccc2)O[C@]12C(=O)Nc1ccc(N3CCC3=O)cc12. The standard InChI is InChI=1S/C28H35N3O6Si/c1-18-26(38(2,3)36)23(16-25(34)30(13-14-32)17-19-7-5-4-6-8-19)37-28(18)21-15-20(31-12-11-24(31)33)9-10-22(21)29-27(28)35/h4-10,15,18,23,26,32,36H,11-14,16-17H2,1-3H3,(H,29,35)/t18-,23+,26-,28+/m0/s1. The van der Waals surface area contributed by atoms with Crippen LogP contribution in [0.2, 0.25) is 18.6 Å². The number of nitrogens with one attached hydrogen (secondary N) is 1. The second-order valence-electron chi connectivity index (χ2n) is 11.1. The molecule has 2 aromatic carbocycles. The lowest BCUT2D eigenvalue weighted by molar-refractivity contribution is -0.148. The van der Waals surface area contributed by atoms with Crippen molar-refractivity contribution in [3.63, 3.8) is 0 Å². The van der Waals surface area contributed by atoms with Crippen molar-refractivity contribution in [1.82, 2.24) is 4.90 Å². The van der Waals surface area contributed by atoms with Crippen LogP contribution in [0.1, 0.15) is 30.9 Å². The number of aliphatic hydroxyl groups excluding tert-OH is 1. The second kappa shape index (κ2) is 9.92. The molecule has 2 saturated heterocycles. The minimum atomic E-state index is -2.92. The zero-order chi connectivity index (χ0) is 27.2. The largest absolute Gasteiger partial charge is 0.432 e. The topological polar surface area (TPSA) is 119 Å². The number of benzene rings is 2. The molecule has 10 heteroatoms. The average molecular weight is 538 g/mol. The molecule has 0 radical (unpaired) electrons. The van der Waals surface area contributed by atoms with Gasteiger partial charge in [0.1, 0.15) is 0 Å². The van der Waals surface area contributed by atoms with Crippen molar-refractivity contribution >= 4 is 37.4 Å². The molecule has 5 rings (SSSR count). The van der Waals surface area contributed by atoms with Crippen LogP contribution in [0.25, 0.3) is 0 Å².